The fourth-order valence-corrected chi connectivity index (χ4v) is 3.29. The first kappa shape index (κ1) is 32.2. The molecule has 0 spiro atoms. The molecule has 0 radical (unpaired) electrons. The molecule has 0 rings (SSSR count). The van der Waals surface area contributed by atoms with Crippen LogP contribution in [-0.4, -0.2) is 41.0 Å². The Morgan fingerprint density at radius 3 is 1.44 bits per heavy atom. The van der Waals surface area contributed by atoms with Gasteiger partial charge in [-0.15, -0.1) is 0 Å². The van der Waals surface area contributed by atoms with Gasteiger partial charge in [0.1, 0.15) is 17.0 Å². The lowest BCUT2D eigenvalue weighted by atomic mass is 9.82. The van der Waals surface area contributed by atoms with Crippen LogP contribution in [0.5, 0.6) is 0 Å². The second-order valence-corrected chi connectivity index (χ2v) is 12.5. The molecule has 34 heavy (non-hydrogen) atoms. The molecule has 0 aliphatic heterocycles. The number of ether oxygens (including phenoxy) is 2. The van der Waals surface area contributed by atoms with Gasteiger partial charge in [0.25, 0.3) is 0 Å². The standard InChI is InChI=1S/C27H50N2O5/c1-11-20-28-29-27(18-14-22(31)33-25(5,6)7,19-15-23(32)34-26(8,9)10)17-13-21(30)12-16-24(2,3)4/h11-20H2,1-10H3. The number of esters is 2. The molecule has 0 bridgehead atoms. The lowest BCUT2D eigenvalue weighted by molar-refractivity contribution is -0.155. The lowest BCUT2D eigenvalue weighted by Crippen LogP contribution is -2.32. The summed E-state index contributed by atoms with van der Waals surface area (Å²) in [7, 11) is 0. The van der Waals surface area contributed by atoms with Crippen molar-refractivity contribution in [2.45, 2.75) is 144 Å². The van der Waals surface area contributed by atoms with Gasteiger partial charge in [-0.05, 0) is 79.1 Å². The van der Waals surface area contributed by atoms with Crippen molar-refractivity contribution in [3.8, 4) is 0 Å². The van der Waals surface area contributed by atoms with Crippen molar-refractivity contribution in [3.05, 3.63) is 0 Å². The Bertz CT molecular complexity index is 647. The zero-order valence-corrected chi connectivity index (χ0v) is 23.5. The van der Waals surface area contributed by atoms with E-state index in [4.69, 9.17) is 9.47 Å². The van der Waals surface area contributed by atoms with Gasteiger partial charge in [0.15, 0.2) is 0 Å². The van der Waals surface area contributed by atoms with Gasteiger partial charge in [0, 0.05) is 25.7 Å². The van der Waals surface area contributed by atoms with Crippen molar-refractivity contribution >= 4 is 17.7 Å². The number of ketones is 1. The molecule has 0 fully saturated rings. The molecule has 0 aromatic heterocycles. The fraction of sp³-hybridized carbons (Fsp3) is 0.889. The molecular weight excluding hydrogens is 432 g/mol. The Labute approximate surface area is 207 Å². The normalized spacial score (nSPS) is 13.2. The van der Waals surface area contributed by atoms with E-state index >= 15 is 0 Å². The number of carbonyl (C=O) groups is 3. The van der Waals surface area contributed by atoms with Gasteiger partial charge < -0.3 is 9.47 Å². The molecule has 7 heteroatoms. The molecule has 0 amide bonds. The van der Waals surface area contributed by atoms with Gasteiger partial charge >= 0.3 is 11.9 Å². The highest BCUT2D eigenvalue weighted by Gasteiger charge is 2.34. The molecule has 0 aromatic rings. The van der Waals surface area contributed by atoms with Gasteiger partial charge in [-0.2, -0.15) is 10.2 Å². The van der Waals surface area contributed by atoms with Crippen LogP contribution in [0.25, 0.3) is 0 Å². The van der Waals surface area contributed by atoms with E-state index in [1.807, 2.05) is 48.5 Å². The summed E-state index contributed by atoms with van der Waals surface area (Å²) >= 11 is 0. The van der Waals surface area contributed by atoms with Crippen molar-refractivity contribution in [1.29, 1.82) is 0 Å². The van der Waals surface area contributed by atoms with Crippen molar-refractivity contribution < 1.29 is 23.9 Å². The third-order valence-electron chi connectivity index (χ3n) is 5.06. The highest BCUT2D eigenvalue weighted by Crippen LogP contribution is 2.33. The second-order valence-electron chi connectivity index (χ2n) is 12.5. The Morgan fingerprint density at radius 1 is 0.647 bits per heavy atom. The van der Waals surface area contributed by atoms with E-state index in [1.54, 1.807) is 0 Å². The summed E-state index contributed by atoms with van der Waals surface area (Å²) in [5.41, 5.74) is -1.87. The first-order chi connectivity index (χ1) is 15.4. The first-order valence-electron chi connectivity index (χ1n) is 12.7. The molecule has 198 valence electrons. The quantitative estimate of drug-likeness (QED) is 0.196. The Kier molecular flexibility index (Phi) is 13.2. The zero-order valence-electron chi connectivity index (χ0n) is 23.5. The Morgan fingerprint density at radius 2 is 1.06 bits per heavy atom. The average Bonchev–Trinajstić information content (AvgIpc) is 2.64. The molecule has 0 heterocycles. The maximum Gasteiger partial charge on any atom is 0.306 e. The van der Waals surface area contributed by atoms with E-state index in [0.29, 0.717) is 38.6 Å². The molecule has 0 saturated carbocycles. The van der Waals surface area contributed by atoms with Crippen molar-refractivity contribution in [2.75, 3.05) is 6.54 Å². The minimum atomic E-state index is -0.791. The third kappa shape index (κ3) is 17.7. The lowest BCUT2D eigenvalue weighted by Gasteiger charge is -2.30. The van der Waals surface area contributed by atoms with Crippen LogP contribution in [0.15, 0.2) is 10.2 Å². The second kappa shape index (κ2) is 13.9. The number of nitrogens with zero attached hydrogens (tertiary/aromatic N) is 2. The summed E-state index contributed by atoms with van der Waals surface area (Å²) in [6.07, 6.45) is 3.95. The van der Waals surface area contributed by atoms with Crippen molar-refractivity contribution in [2.24, 2.45) is 15.6 Å². The van der Waals surface area contributed by atoms with Gasteiger partial charge in [0.05, 0.1) is 12.1 Å². The Hall–Kier alpha value is -1.79. The van der Waals surface area contributed by atoms with E-state index in [-0.39, 0.29) is 36.0 Å². The Balaban J connectivity index is 5.61. The third-order valence-corrected chi connectivity index (χ3v) is 5.06. The molecule has 0 saturated heterocycles. The van der Waals surface area contributed by atoms with E-state index in [2.05, 4.69) is 31.0 Å². The summed E-state index contributed by atoms with van der Waals surface area (Å²) in [6, 6.07) is 0. The maximum atomic E-state index is 12.7. The monoisotopic (exact) mass is 482 g/mol. The number of Topliss-reactive ketones (excluding diaryl/α,β-unsaturated/α-hetero) is 1. The van der Waals surface area contributed by atoms with Crippen LogP contribution in [0.4, 0.5) is 0 Å². The SMILES string of the molecule is CCCN=NC(CCC(=O)CCC(C)(C)C)(CCC(=O)OC(C)(C)C)CCC(=O)OC(C)(C)C. The van der Waals surface area contributed by atoms with E-state index in [9.17, 15) is 14.4 Å². The van der Waals surface area contributed by atoms with Gasteiger partial charge in [-0.25, -0.2) is 0 Å². The largest absolute Gasteiger partial charge is 0.460 e. The van der Waals surface area contributed by atoms with Crippen LogP contribution >= 0.6 is 0 Å². The highest BCUT2D eigenvalue weighted by atomic mass is 16.6. The van der Waals surface area contributed by atoms with E-state index < -0.39 is 16.7 Å². The number of hydrogen-bond donors (Lipinski definition) is 0. The minimum Gasteiger partial charge on any atom is -0.460 e. The summed E-state index contributed by atoms with van der Waals surface area (Å²) in [6.45, 7) is 19.9. The van der Waals surface area contributed by atoms with Gasteiger partial charge in [-0.3, -0.25) is 14.4 Å². The molecule has 0 aliphatic carbocycles. The van der Waals surface area contributed by atoms with Crippen LogP contribution in [0.1, 0.15) is 127 Å². The highest BCUT2D eigenvalue weighted by molar-refractivity contribution is 5.78. The predicted octanol–water partition coefficient (Wildman–Crippen LogP) is 7.01. The smallest absolute Gasteiger partial charge is 0.306 e. The topological polar surface area (TPSA) is 94.4 Å². The predicted molar refractivity (Wildman–Crippen MR) is 136 cm³/mol. The number of hydrogen-bond acceptors (Lipinski definition) is 7. The number of carbonyl (C=O) groups excluding carboxylic acids is 3. The number of rotatable bonds is 14. The molecule has 7 nitrogen and oxygen atoms in total. The van der Waals surface area contributed by atoms with E-state index in [0.717, 1.165) is 12.8 Å². The summed E-state index contributed by atoms with van der Waals surface area (Å²) < 4.78 is 11.0. The molecular formula is C27H50N2O5. The molecule has 0 atom stereocenters. The van der Waals surface area contributed by atoms with Gasteiger partial charge in [0.2, 0.25) is 0 Å². The summed E-state index contributed by atoms with van der Waals surface area (Å²) in [4.78, 5) is 37.6. The van der Waals surface area contributed by atoms with Gasteiger partial charge in [-0.1, -0.05) is 27.7 Å². The zero-order chi connectivity index (χ0) is 26.6. The molecule has 0 N–H and O–H groups in total. The first-order valence-corrected chi connectivity index (χ1v) is 12.7. The summed E-state index contributed by atoms with van der Waals surface area (Å²) in [5, 5.41) is 8.96. The van der Waals surface area contributed by atoms with Crippen molar-refractivity contribution in [3.63, 3.8) is 0 Å². The van der Waals surface area contributed by atoms with E-state index in [1.165, 1.54) is 0 Å². The van der Waals surface area contributed by atoms with Crippen LogP contribution in [-0.2, 0) is 23.9 Å². The van der Waals surface area contributed by atoms with Crippen LogP contribution in [0.2, 0.25) is 0 Å². The minimum absolute atomic E-state index is 0.0843. The fourth-order valence-electron chi connectivity index (χ4n) is 3.29. The van der Waals surface area contributed by atoms with Crippen LogP contribution in [0, 0.1) is 5.41 Å². The molecule has 0 aromatic carbocycles. The summed E-state index contributed by atoms with van der Waals surface area (Å²) in [5.74, 6) is -0.475. The average molecular weight is 483 g/mol. The molecule has 0 aliphatic rings. The van der Waals surface area contributed by atoms with Crippen molar-refractivity contribution in [1.82, 2.24) is 0 Å². The number of azo groups is 1. The van der Waals surface area contributed by atoms with Crippen LogP contribution < -0.4 is 0 Å². The van der Waals surface area contributed by atoms with Crippen LogP contribution in [0.3, 0.4) is 0 Å². The maximum absolute atomic E-state index is 12.7. The molecule has 0 unspecified atom stereocenters.